The lowest BCUT2D eigenvalue weighted by atomic mass is 10.1. The van der Waals surface area contributed by atoms with Crippen LogP contribution in [0.25, 0.3) is 0 Å². The van der Waals surface area contributed by atoms with Crippen LogP contribution in [-0.2, 0) is 4.79 Å². The van der Waals surface area contributed by atoms with Gasteiger partial charge in [-0.05, 0) is 49.6 Å². The van der Waals surface area contributed by atoms with E-state index < -0.39 is 0 Å². The summed E-state index contributed by atoms with van der Waals surface area (Å²) >= 11 is 1.75. The first kappa shape index (κ1) is 14.9. The largest absolute Gasteiger partial charge is 0.321 e. The summed E-state index contributed by atoms with van der Waals surface area (Å²) in [6.07, 6.45) is 7.32. The minimum Gasteiger partial charge on any atom is -0.321 e. The van der Waals surface area contributed by atoms with Crippen LogP contribution in [-0.4, -0.2) is 29.6 Å². The Balaban J connectivity index is 1.78. The Hall–Kier alpha value is -1.00. The van der Waals surface area contributed by atoms with Crippen molar-refractivity contribution in [3.8, 4) is 0 Å². The molecule has 1 aliphatic carbocycles. The fourth-order valence-electron chi connectivity index (χ4n) is 3.50. The highest BCUT2D eigenvalue weighted by Gasteiger charge is 2.38. The van der Waals surface area contributed by atoms with Gasteiger partial charge in [-0.2, -0.15) is 0 Å². The minimum atomic E-state index is -0.0726. The Bertz CT molecular complexity index is 496. The molecule has 3 rings (SSSR count). The van der Waals surface area contributed by atoms with E-state index in [0.29, 0.717) is 5.92 Å². The van der Waals surface area contributed by atoms with E-state index in [1.807, 2.05) is 6.92 Å². The normalized spacial score (nSPS) is 26.8. The van der Waals surface area contributed by atoms with Gasteiger partial charge in [0, 0.05) is 11.4 Å². The summed E-state index contributed by atoms with van der Waals surface area (Å²) in [5.41, 5.74) is 1.20. The molecule has 1 amide bonds. The van der Waals surface area contributed by atoms with Crippen LogP contribution in [0.15, 0.2) is 29.2 Å². The summed E-state index contributed by atoms with van der Waals surface area (Å²) in [6.45, 7) is 2.88. The molecule has 1 aromatic carbocycles. The van der Waals surface area contributed by atoms with Crippen molar-refractivity contribution >= 4 is 17.7 Å². The van der Waals surface area contributed by atoms with Crippen molar-refractivity contribution in [1.29, 1.82) is 0 Å². The number of hydrogen-bond acceptors (Lipinski definition) is 3. The summed E-state index contributed by atoms with van der Waals surface area (Å²) in [5, 5.41) is 3.45. The van der Waals surface area contributed by atoms with E-state index in [2.05, 4.69) is 40.7 Å². The van der Waals surface area contributed by atoms with E-state index in [0.717, 1.165) is 6.54 Å². The highest BCUT2D eigenvalue weighted by atomic mass is 32.2. The molecule has 2 atom stereocenters. The van der Waals surface area contributed by atoms with Crippen molar-refractivity contribution in [2.45, 2.75) is 49.7 Å². The Morgan fingerprint density at radius 1 is 1.24 bits per heavy atom. The molecule has 4 heteroatoms. The predicted molar refractivity (Wildman–Crippen MR) is 87.2 cm³/mol. The minimum absolute atomic E-state index is 0.0454. The van der Waals surface area contributed by atoms with E-state index in [4.69, 9.17) is 0 Å². The number of carbonyl (C=O) groups excluding carboxylic acids is 1. The lowest BCUT2D eigenvalue weighted by Gasteiger charge is -2.27. The van der Waals surface area contributed by atoms with Gasteiger partial charge in [0.1, 0.15) is 6.17 Å². The molecule has 3 nitrogen and oxygen atoms in total. The van der Waals surface area contributed by atoms with Crippen LogP contribution in [0.4, 0.5) is 0 Å². The molecule has 0 radical (unpaired) electrons. The smallest absolute Gasteiger partial charge is 0.241 e. The molecule has 0 aromatic heterocycles. The van der Waals surface area contributed by atoms with Crippen LogP contribution in [0.3, 0.4) is 0 Å². The van der Waals surface area contributed by atoms with Crippen molar-refractivity contribution in [2.75, 3.05) is 12.8 Å². The van der Waals surface area contributed by atoms with Gasteiger partial charge in [-0.15, -0.1) is 11.8 Å². The zero-order valence-corrected chi connectivity index (χ0v) is 13.7. The molecule has 21 heavy (non-hydrogen) atoms. The molecule has 1 heterocycles. The molecule has 1 saturated heterocycles. The molecule has 1 aliphatic heterocycles. The number of nitrogens with zero attached hydrogens (tertiary/aromatic N) is 1. The van der Waals surface area contributed by atoms with E-state index in [1.165, 1.54) is 36.1 Å². The van der Waals surface area contributed by atoms with Gasteiger partial charge < -0.3 is 4.90 Å². The molecular formula is C17H24N2OS. The van der Waals surface area contributed by atoms with Gasteiger partial charge in [-0.3, -0.25) is 10.1 Å². The number of hydrogen-bond donors (Lipinski definition) is 1. The van der Waals surface area contributed by atoms with E-state index >= 15 is 0 Å². The van der Waals surface area contributed by atoms with E-state index in [9.17, 15) is 4.79 Å². The van der Waals surface area contributed by atoms with Crippen LogP contribution in [0, 0.1) is 5.92 Å². The third kappa shape index (κ3) is 3.11. The third-order valence-corrected chi connectivity index (χ3v) is 5.48. The topological polar surface area (TPSA) is 32.3 Å². The maximum Gasteiger partial charge on any atom is 0.241 e. The number of nitrogens with one attached hydrogen (secondary N) is 1. The summed E-state index contributed by atoms with van der Waals surface area (Å²) in [7, 11) is 0. The quantitative estimate of drug-likeness (QED) is 0.865. The Kier molecular flexibility index (Phi) is 4.55. The molecule has 2 fully saturated rings. The summed E-state index contributed by atoms with van der Waals surface area (Å²) in [6, 6.07) is 8.51. The van der Waals surface area contributed by atoms with Gasteiger partial charge in [0.05, 0.1) is 6.04 Å². The summed E-state index contributed by atoms with van der Waals surface area (Å²) < 4.78 is 0. The molecular weight excluding hydrogens is 280 g/mol. The molecule has 1 saturated carbocycles. The van der Waals surface area contributed by atoms with Crippen molar-refractivity contribution in [3.63, 3.8) is 0 Å². The highest BCUT2D eigenvalue weighted by molar-refractivity contribution is 7.98. The van der Waals surface area contributed by atoms with Crippen LogP contribution in [0.2, 0.25) is 0 Å². The molecule has 0 spiro atoms. The lowest BCUT2D eigenvalue weighted by Crippen LogP contribution is -2.34. The lowest BCUT2D eigenvalue weighted by molar-refractivity contribution is -0.130. The van der Waals surface area contributed by atoms with E-state index in [1.54, 1.807) is 11.8 Å². The number of carbonyl (C=O) groups is 1. The van der Waals surface area contributed by atoms with Crippen LogP contribution in [0.5, 0.6) is 0 Å². The predicted octanol–water partition coefficient (Wildman–Crippen LogP) is 3.42. The standard InChI is InChI=1S/C17H24N2OS/c1-12-17(20)19(11-13-5-3-4-6-13)16(18-12)14-7-9-15(21-2)10-8-14/h7-10,12-13,16,18H,3-6,11H2,1-2H3. The maximum atomic E-state index is 12.5. The maximum absolute atomic E-state index is 12.5. The third-order valence-electron chi connectivity index (χ3n) is 4.73. The number of amides is 1. The Morgan fingerprint density at radius 3 is 2.52 bits per heavy atom. The molecule has 2 aliphatic rings. The number of rotatable bonds is 4. The van der Waals surface area contributed by atoms with Gasteiger partial charge in [0.15, 0.2) is 0 Å². The number of thioether (sulfide) groups is 1. The van der Waals surface area contributed by atoms with Gasteiger partial charge in [0.25, 0.3) is 0 Å². The Labute approximate surface area is 131 Å². The van der Waals surface area contributed by atoms with Crippen LogP contribution < -0.4 is 5.32 Å². The van der Waals surface area contributed by atoms with Crippen molar-refractivity contribution in [1.82, 2.24) is 10.2 Å². The monoisotopic (exact) mass is 304 g/mol. The zero-order chi connectivity index (χ0) is 14.8. The van der Waals surface area contributed by atoms with Crippen molar-refractivity contribution in [3.05, 3.63) is 29.8 Å². The molecule has 0 bridgehead atoms. The second-order valence-electron chi connectivity index (χ2n) is 6.21. The van der Waals surface area contributed by atoms with Gasteiger partial charge >= 0.3 is 0 Å². The fourth-order valence-corrected chi connectivity index (χ4v) is 3.91. The van der Waals surface area contributed by atoms with Crippen LogP contribution >= 0.6 is 11.8 Å². The van der Waals surface area contributed by atoms with E-state index in [-0.39, 0.29) is 18.1 Å². The van der Waals surface area contributed by atoms with Gasteiger partial charge in [-0.25, -0.2) is 0 Å². The molecule has 1 aromatic rings. The van der Waals surface area contributed by atoms with Crippen molar-refractivity contribution < 1.29 is 4.79 Å². The average molecular weight is 304 g/mol. The first-order chi connectivity index (χ1) is 10.2. The van der Waals surface area contributed by atoms with Gasteiger partial charge in [-0.1, -0.05) is 25.0 Å². The number of benzene rings is 1. The second-order valence-corrected chi connectivity index (χ2v) is 7.08. The second kappa shape index (κ2) is 6.41. The molecule has 1 N–H and O–H groups in total. The summed E-state index contributed by atoms with van der Waals surface area (Å²) in [4.78, 5) is 15.8. The fraction of sp³-hybridized carbons (Fsp3) is 0.588. The first-order valence-corrected chi connectivity index (χ1v) is 9.12. The summed E-state index contributed by atoms with van der Waals surface area (Å²) in [5.74, 6) is 0.940. The SMILES string of the molecule is CSc1ccc(C2NC(C)C(=O)N2CC2CCCC2)cc1. The van der Waals surface area contributed by atoms with Crippen molar-refractivity contribution in [2.24, 2.45) is 5.92 Å². The Morgan fingerprint density at radius 2 is 1.90 bits per heavy atom. The molecule has 2 unspecified atom stereocenters. The molecule has 114 valence electrons. The first-order valence-electron chi connectivity index (χ1n) is 7.89. The van der Waals surface area contributed by atoms with Crippen LogP contribution in [0.1, 0.15) is 44.3 Å². The highest BCUT2D eigenvalue weighted by Crippen LogP contribution is 2.32. The average Bonchev–Trinajstić information content (AvgIpc) is 3.11. The van der Waals surface area contributed by atoms with Gasteiger partial charge in [0.2, 0.25) is 5.91 Å². The zero-order valence-electron chi connectivity index (χ0n) is 12.8.